The normalized spacial score (nSPS) is 16.5. The third-order valence-corrected chi connectivity index (χ3v) is 4.89. The molecule has 2 aliphatic rings. The van der Waals surface area contributed by atoms with Gasteiger partial charge in [-0.2, -0.15) is 5.10 Å². The van der Waals surface area contributed by atoms with E-state index in [0.717, 1.165) is 74.0 Å². The number of fused-ring (bicyclic) bond motifs is 2. The second-order valence-electron chi connectivity index (χ2n) is 6.46. The zero-order valence-electron chi connectivity index (χ0n) is 14.0. The number of ether oxygens (including phenoxy) is 1. The van der Waals surface area contributed by atoms with Gasteiger partial charge in [0.1, 0.15) is 5.82 Å². The highest BCUT2D eigenvalue weighted by Gasteiger charge is 2.18. The van der Waals surface area contributed by atoms with Crippen molar-refractivity contribution in [1.82, 2.24) is 24.6 Å². The van der Waals surface area contributed by atoms with Crippen LogP contribution in [0.15, 0.2) is 11.0 Å². The average Bonchev–Trinajstić information content (AvgIpc) is 3.01. The van der Waals surface area contributed by atoms with Gasteiger partial charge >= 0.3 is 0 Å². The Kier molecular flexibility index (Phi) is 4.10. The summed E-state index contributed by atoms with van der Waals surface area (Å²) in [7, 11) is 0. The van der Waals surface area contributed by atoms with Crippen molar-refractivity contribution < 1.29 is 4.74 Å². The second-order valence-corrected chi connectivity index (χ2v) is 6.46. The van der Waals surface area contributed by atoms with Gasteiger partial charge in [0.25, 0.3) is 5.56 Å². The van der Waals surface area contributed by atoms with Gasteiger partial charge in [0.15, 0.2) is 5.75 Å². The Morgan fingerprint density at radius 3 is 3.17 bits per heavy atom. The van der Waals surface area contributed by atoms with Gasteiger partial charge in [-0.3, -0.25) is 14.0 Å². The van der Waals surface area contributed by atoms with E-state index in [1.165, 1.54) is 0 Å². The molecule has 1 N–H and O–H groups in total. The smallest absolute Gasteiger partial charge is 0.257 e. The average molecular weight is 329 g/mol. The van der Waals surface area contributed by atoms with Gasteiger partial charge in [-0.15, -0.1) is 0 Å². The van der Waals surface area contributed by atoms with Crippen molar-refractivity contribution in [3.8, 4) is 5.75 Å². The number of nitrogens with zero attached hydrogens (tertiary/aromatic N) is 4. The Hall–Kier alpha value is -2.15. The van der Waals surface area contributed by atoms with Crippen LogP contribution >= 0.6 is 0 Å². The summed E-state index contributed by atoms with van der Waals surface area (Å²) in [5, 5.41) is 7.67. The Morgan fingerprint density at radius 2 is 2.25 bits per heavy atom. The maximum Gasteiger partial charge on any atom is 0.257 e. The molecule has 0 saturated heterocycles. The van der Waals surface area contributed by atoms with E-state index in [4.69, 9.17) is 4.74 Å². The Morgan fingerprint density at radius 1 is 1.33 bits per heavy atom. The maximum atomic E-state index is 12.7. The first-order chi connectivity index (χ1) is 11.7. The summed E-state index contributed by atoms with van der Waals surface area (Å²) in [6, 6.07) is 0. The van der Waals surface area contributed by atoms with Crippen molar-refractivity contribution in [2.75, 3.05) is 13.2 Å². The number of hydrogen-bond acceptors (Lipinski definition) is 5. The minimum Gasteiger partial charge on any atom is -0.490 e. The van der Waals surface area contributed by atoms with Gasteiger partial charge in [-0.25, -0.2) is 4.98 Å². The molecule has 0 saturated carbocycles. The van der Waals surface area contributed by atoms with Gasteiger partial charge in [-0.05, 0) is 19.8 Å². The van der Waals surface area contributed by atoms with Gasteiger partial charge in [0, 0.05) is 43.7 Å². The summed E-state index contributed by atoms with van der Waals surface area (Å²) in [4.78, 5) is 17.3. The van der Waals surface area contributed by atoms with E-state index < -0.39 is 0 Å². The quantitative estimate of drug-likeness (QED) is 0.898. The number of hydrogen-bond donors (Lipinski definition) is 1. The standard InChI is InChI=1S/C17H23N5O2/c1-12-13(17(23)21-7-3-2-4-16(21)20-12)5-9-24-15-11-19-22-8-6-18-10-14(15)22/h11,18H,2-10H2,1H3. The van der Waals surface area contributed by atoms with Crippen LogP contribution in [-0.2, 0) is 32.5 Å². The minimum atomic E-state index is 0.111. The lowest BCUT2D eigenvalue weighted by Gasteiger charge is -2.19. The summed E-state index contributed by atoms with van der Waals surface area (Å²) in [5.41, 5.74) is 2.81. The van der Waals surface area contributed by atoms with E-state index >= 15 is 0 Å². The zero-order chi connectivity index (χ0) is 16.5. The number of aryl methyl sites for hydroxylation is 2. The monoisotopic (exact) mass is 329 g/mol. The molecule has 0 radical (unpaired) electrons. The largest absolute Gasteiger partial charge is 0.490 e. The molecule has 0 aromatic carbocycles. The van der Waals surface area contributed by atoms with Crippen LogP contribution in [0.3, 0.4) is 0 Å². The molecule has 24 heavy (non-hydrogen) atoms. The first kappa shape index (κ1) is 15.4. The Bertz CT molecular complexity index is 808. The summed E-state index contributed by atoms with van der Waals surface area (Å²) < 4.78 is 9.73. The van der Waals surface area contributed by atoms with Crippen LogP contribution in [0.1, 0.15) is 35.6 Å². The summed E-state index contributed by atoms with van der Waals surface area (Å²) in [5.74, 6) is 1.75. The predicted octanol–water partition coefficient (Wildman–Crippen LogP) is 0.809. The lowest BCUT2D eigenvalue weighted by Crippen LogP contribution is -2.32. The van der Waals surface area contributed by atoms with Crippen molar-refractivity contribution >= 4 is 0 Å². The second kappa shape index (κ2) is 6.39. The zero-order valence-corrected chi connectivity index (χ0v) is 14.0. The van der Waals surface area contributed by atoms with Crippen LogP contribution in [-0.4, -0.2) is 32.5 Å². The fraction of sp³-hybridized carbons (Fsp3) is 0.588. The van der Waals surface area contributed by atoms with E-state index in [2.05, 4.69) is 15.4 Å². The molecule has 2 aromatic heterocycles. The van der Waals surface area contributed by atoms with Gasteiger partial charge in [0.2, 0.25) is 0 Å². The van der Waals surface area contributed by atoms with E-state index in [9.17, 15) is 4.79 Å². The highest BCUT2D eigenvalue weighted by molar-refractivity contribution is 5.26. The molecule has 0 amide bonds. The summed E-state index contributed by atoms with van der Waals surface area (Å²) in [6.45, 7) is 5.77. The number of rotatable bonds is 4. The van der Waals surface area contributed by atoms with Crippen molar-refractivity contribution in [1.29, 1.82) is 0 Å². The topological polar surface area (TPSA) is 74.0 Å². The number of aromatic nitrogens is 4. The van der Waals surface area contributed by atoms with Crippen molar-refractivity contribution in [3.63, 3.8) is 0 Å². The van der Waals surface area contributed by atoms with Crippen LogP contribution in [0.5, 0.6) is 5.75 Å². The Balaban J connectivity index is 1.48. The summed E-state index contributed by atoms with van der Waals surface area (Å²) in [6.07, 6.45) is 5.43. The molecule has 0 fully saturated rings. The predicted molar refractivity (Wildman–Crippen MR) is 89.3 cm³/mol. The van der Waals surface area contributed by atoms with Gasteiger partial charge in [0.05, 0.1) is 25.0 Å². The van der Waals surface area contributed by atoms with Crippen molar-refractivity contribution in [3.05, 3.63) is 39.3 Å². The molecular weight excluding hydrogens is 306 g/mol. The lowest BCUT2D eigenvalue weighted by atomic mass is 10.1. The molecule has 4 heterocycles. The third kappa shape index (κ3) is 2.73. The summed E-state index contributed by atoms with van der Waals surface area (Å²) >= 11 is 0. The molecule has 2 aromatic rings. The maximum absolute atomic E-state index is 12.7. The van der Waals surface area contributed by atoms with Crippen LogP contribution in [0, 0.1) is 6.92 Å². The van der Waals surface area contributed by atoms with Gasteiger partial charge < -0.3 is 10.1 Å². The molecule has 0 atom stereocenters. The van der Waals surface area contributed by atoms with Crippen LogP contribution in [0.25, 0.3) is 0 Å². The molecule has 2 aliphatic heterocycles. The molecule has 7 heteroatoms. The van der Waals surface area contributed by atoms with Crippen molar-refractivity contribution in [2.24, 2.45) is 0 Å². The SMILES string of the molecule is Cc1nc2n(c(=O)c1CCOc1cnn3c1CNCC3)CCCC2. The molecule has 0 unspecified atom stereocenters. The first-order valence-corrected chi connectivity index (χ1v) is 8.71. The minimum absolute atomic E-state index is 0.111. The van der Waals surface area contributed by atoms with E-state index in [1.54, 1.807) is 6.20 Å². The third-order valence-electron chi connectivity index (χ3n) is 4.89. The first-order valence-electron chi connectivity index (χ1n) is 8.71. The molecule has 0 spiro atoms. The number of nitrogens with one attached hydrogen (secondary N) is 1. The molecule has 128 valence electrons. The Labute approximate surface area is 140 Å². The van der Waals surface area contributed by atoms with E-state index in [0.29, 0.717) is 13.0 Å². The molecule has 0 bridgehead atoms. The van der Waals surface area contributed by atoms with Crippen LogP contribution < -0.4 is 15.6 Å². The van der Waals surface area contributed by atoms with E-state index in [1.807, 2.05) is 16.2 Å². The van der Waals surface area contributed by atoms with E-state index in [-0.39, 0.29) is 5.56 Å². The fourth-order valence-corrected chi connectivity index (χ4v) is 3.56. The highest BCUT2D eigenvalue weighted by Crippen LogP contribution is 2.20. The van der Waals surface area contributed by atoms with Crippen LogP contribution in [0.4, 0.5) is 0 Å². The highest BCUT2D eigenvalue weighted by atomic mass is 16.5. The fourth-order valence-electron chi connectivity index (χ4n) is 3.56. The molecular formula is C17H23N5O2. The van der Waals surface area contributed by atoms with Gasteiger partial charge in [-0.1, -0.05) is 0 Å². The molecule has 4 rings (SSSR count). The van der Waals surface area contributed by atoms with Crippen molar-refractivity contribution in [2.45, 2.75) is 52.2 Å². The van der Waals surface area contributed by atoms with Crippen LogP contribution in [0.2, 0.25) is 0 Å². The molecule has 7 nitrogen and oxygen atoms in total. The molecule has 0 aliphatic carbocycles. The lowest BCUT2D eigenvalue weighted by molar-refractivity contribution is 0.312.